The Morgan fingerprint density at radius 3 is 2.63 bits per heavy atom. The van der Waals surface area contributed by atoms with Crippen LogP contribution in [0.1, 0.15) is 23.7 Å². The fourth-order valence-corrected chi connectivity index (χ4v) is 5.26. The summed E-state index contributed by atoms with van der Waals surface area (Å²) in [7, 11) is -2.10. The van der Waals surface area contributed by atoms with E-state index in [1.54, 1.807) is 49.8 Å². The fraction of sp³-hybridized carbons (Fsp3) is 0.286. The first-order chi connectivity index (χ1) is 14.4. The smallest absolute Gasteiger partial charge is 0.251 e. The highest BCUT2D eigenvalue weighted by Gasteiger charge is 2.34. The van der Waals surface area contributed by atoms with Gasteiger partial charge in [0.15, 0.2) is 0 Å². The average molecular weight is 426 g/mol. The van der Waals surface area contributed by atoms with E-state index in [9.17, 15) is 13.2 Å². The van der Waals surface area contributed by atoms with E-state index in [0.29, 0.717) is 30.2 Å². The molecule has 0 radical (unpaired) electrons. The van der Waals surface area contributed by atoms with Crippen LogP contribution in [0.5, 0.6) is 5.75 Å². The molecule has 30 heavy (non-hydrogen) atoms. The van der Waals surface area contributed by atoms with E-state index in [0.717, 1.165) is 11.1 Å². The van der Waals surface area contributed by atoms with Crippen molar-refractivity contribution in [2.24, 2.45) is 0 Å². The number of aromatic nitrogens is 3. The number of hydrogen-bond acceptors (Lipinski definition) is 6. The molecule has 1 fully saturated rings. The van der Waals surface area contributed by atoms with E-state index in [4.69, 9.17) is 4.74 Å². The molecular formula is C21H22N4O4S. The van der Waals surface area contributed by atoms with Crippen molar-refractivity contribution in [1.82, 2.24) is 19.3 Å². The third-order valence-electron chi connectivity index (χ3n) is 5.28. The number of H-pyrrole nitrogens is 1. The van der Waals surface area contributed by atoms with E-state index < -0.39 is 10.0 Å². The largest absolute Gasteiger partial charge is 0.496 e. The van der Waals surface area contributed by atoms with E-state index >= 15 is 0 Å². The van der Waals surface area contributed by atoms with Crippen LogP contribution in [0.3, 0.4) is 0 Å². The van der Waals surface area contributed by atoms with Crippen molar-refractivity contribution in [3.8, 4) is 17.0 Å². The normalized spacial score (nSPS) is 17.2. The maximum Gasteiger partial charge on any atom is 0.251 e. The third-order valence-corrected chi connectivity index (χ3v) is 7.14. The predicted octanol–water partition coefficient (Wildman–Crippen LogP) is 2.33. The van der Waals surface area contributed by atoms with Gasteiger partial charge in [-0.1, -0.05) is 0 Å². The second-order valence-electron chi connectivity index (χ2n) is 7.23. The molecule has 1 aliphatic heterocycles. The first kappa shape index (κ1) is 20.2. The number of methoxy groups -OCH3 is 1. The van der Waals surface area contributed by atoms with Crippen molar-refractivity contribution in [3.63, 3.8) is 0 Å². The van der Waals surface area contributed by atoms with Crippen LogP contribution in [0.4, 0.5) is 0 Å². The van der Waals surface area contributed by atoms with Gasteiger partial charge in [-0.05, 0) is 49.2 Å². The molecule has 1 aromatic carbocycles. The number of nitrogens with one attached hydrogen (secondary N) is 1. The maximum atomic E-state index is 13.1. The van der Waals surface area contributed by atoms with Crippen LogP contribution in [0.25, 0.3) is 11.3 Å². The lowest BCUT2D eigenvalue weighted by atomic mass is 10.1. The van der Waals surface area contributed by atoms with Crippen LogP contribution in [-0.4, -0.2) is 47.9 Å². The van der Waals surface area contributed by atoms with Crippen molar-refractivity contribution in [1.29, 1.82) is 0 Å². The van der Waals surface area contributed by atoms with Gasteiger partial charge in [0.2, 0.25) is 10.0 Å². The topological polar surface area (TPSA) is 105 Å². The van der Waals surface area contributed by atoms with Gasteiger partial charge < -0.3 is 9.72 Å². The van der Waals surface area contributed by atoms with Crippen molar-refractivity contribution in [3.05, 3.63) is 70.5 Å². The number of nitrogens with zero attached hydrogens (tertiary/aromatic N) is 3. The monoisotopic (exact) mass is 426 g/mol. The molecule has 8 nitrogen and oxygen atoms in total. The zero-order valence-electron chi connectivity index (χ0n) is 16.7. The molecule has 1 aliphatic rings. The van der Waals surface area contributed by atoms with Gasteiger partial charge in [-0.15, -0.1) is 0 Å². The SMILES string of the molecule is COc1ccc(S(=O)(=O)N2CCC(c3nc(-c4ccncc4)cc(=O)[nH]3)C2)cc1C. The Morgan fingerprint density at radius 1 is 1.17 bits per heavy atom. The van der Waals surface area contributed by atoms with Crippen LogP contribution in [0.2, 0.25) is 0 Å². The number of aromatic amines is 1. The summed E-state index contributed by atoms with van der Waals surface area (Å²) >= 11 is 0. The molecule has 1 N–H and O–H groups in total. The number of hydrogen-bond donors (Lipinski definition) is 1. The molecule has 2 aromatic heterocycles. The van der Waals surface area contributed by atoms with E-state index in [2.05, 4.69) is 15.0 Å². The van der Waals surface area contributed by atoms with Gasteiger partial charge in [0.1, 0.15) is 11.6 Å². The summed E-state index contributed by atoms with van der Waals surface area (Å²) in [4.78, 5) is 23.8. The molecule has 3 aromatic rings. The minimum Gasteiger partial charge on any atom is -0.496 e. The van der Waals surface area contributed by atoms with Crippen molar-refractivity contribution < 1.29 is 13.2 Å². The van der Waals surface area contributed by atoms with Crippen molar-refractivity contribution in [2.45, 2.75) is 24.2 Å². The molecule has 0 spiro atoms. The maximum absolute atomic E-state index is 13.1. The van der Waals surface area contributed by atoms with E-state index in [-0.39, 0.29) is 22.9 Å². The summed E-state index contributed by atoms with van der Waals surface area (Å²) in [5.74, 6) is 0.953. The number of sulfonamides is 1. The van der Waals surface area contributed by atoms with Crippen LogP contribution in [-0.2, 0) is 10.0 Å². The Hall–Kier alpha value is -3.04. The lowest BCUT2D eigenvalue weighted by Gasteiger charge is -2.17. The predicted molar refractivity (Wildman–Crippen MR) is 112 cm³/mol. The second kappa shape index (κ2) is 8.00. The molecule has 1 saturated heterocycles. The Labute approximate surface area is 174 Å². The minimum absolute atomic E-state index is 0.186. The number of ether oxygens (including phenoxy) is 1. The number of benzene rings is 1. The third kappa shape index (κ3) is 3.86. The zero-order valence-corrected chi connectivity index (χ0v) is 17.5. The zero-order chi connectivity index (χ0) is 21.3. The van der Waals surface area contributed by atoms with Gasteiger partial charge in [-0.25, -0.2) is 13.4 Å². The van der Waals surface area contributed by atoms with Gasteiger partial charge in [0, 0.05) is 43.0 Å². The molecule has 0 bridgehead atoms. The molecule has 1 unspecified atom stereocenters. The van der Waals surface area contributed by atoms with Crippen LogP contribution >= 0.6 is 0 Å². The lowest BCUT2D eigenvalue weighted by Crippen LogP contribution is -2.29. The van der Waals surface area contributed by atoms with Crippen LogP contribution in [0, 0.1) is 6.92 Å². The highest BCUT2D eigenvalue weighted by Crippen LogP contribution is 2.31. The molecule has 0 amide bonds. The Bertz CT molecular complexity index is 1230. The summed E-state index contributed by atoms with van der Waals surface area (Å²) in [5, 5.41) is 0. The first-order valence-corrected chi connectivity index (χ1v) is 11.0. The molecule has 0 aliphatic carbocycles. The molecule has 9 heteroatoms. The van der Waals surface area contributed by atoms with Gasteiger partial charge in [-0.2, -0.15) is 4.31 Å². The van der Waals surface area contributed by atoms with Crippen molar-refractivity contribution >= 4 is 10.0 Å². The summed E-state index contributed by atoms with van der Waals surface area (Å²) in [6.45, 7) is 2.43. The second-order valence-corrected chi connectivity index (χ2v) is 9.17. The Morgan fingerprint density at radius 2 is 1.93 bits per heavy atom. The number of pyridine rings is 1. The summed E-state index contributed by atoms with van der Waals surface area (Å²) < 4.78 is 32.9. The molecular weight excluding hydrogens is 404 g/mol. The van der Waals surface area contributed by atoms with Gasteiger partial charge in [0.05, 0.1) is 17.7 Å². The lowest BCUT2D eigenvalue weighted by molar-refractivity contribution is 0.411. The van der Waals surface area contributed by atoms with Gasteiger partial charge in [-0.3, -0.25) is 9.78 Å². The van der Waals surface area contributed by atoms with Crippen LogP contribution < -0.4 is 10.3 Å². The summed E-state index contributed by atoms with van der Waals surface area (Å²) in [6.07, 6.45) is 3.86. The standard InChI is InChI=1S/C21H22N4O4S/c1-14-11-17(3-4-19(14)29-2)30(27,28)25-10-7-16(13-25)21-23-18(12-20(26)24-21)15-5-8-22-9-6-15/h3-6,8-9,11-12,16H,7,10,13H2,1-2H3,(H,23,24,26). The number of aryl methyl sites for hydroxylation is 1. The van der Waals surface area contributed by atoms with Crippen LogP contribution in [0.15, 0.2) is 58.5 Å². The van der Waals surface area contributed by atoms with Crippen molar-refractivity contribution in [2.75, 3.05) is 20.2 Å². The van der Waals surface area contributed by atoms with E-state index in [1.807, 2.05) is 6.92 Å². The molecule has 156 valence electrons. The molecule has 3 heterocycles. The highest BCUT2D eigenvalue weighted by molar-refractivity contribution is 7.89. The fourth-order valence-electron chi connectivity index (χ4n) is 3.67. The first-order valence-electron chi connectivity index (χ1n) is 9.55. The quantitative estimate of drug-likeness (QED) is 0.671. The Kier molecular flexibility index (Phi) is 5.40. The molecule has 4 rings (SSSR count). The summed E-state index contributed by atoms with van der Waals surface area (Å²) in [6, 6.07) is 9.83. The van der Waals surface area contributed by atoms with Gasteiger partial charge >= 0.3 is 0 Å². The van der Waals surface area contributed by atoms with E-state index in [1.165, 1.54) is 10.4 Å². The minimum atomic E-state index is -3.65. The number of rotatable bonds is 5. The average Bonchev–Trinajstić information content (AvgIpc) is 3.25. The molecule has 0 saturated carbocycles. The van der Waals surface area contributed by atoms with Gasteiger partial charge in [0.25, 0.3) is 5.56 Å². The summed E-state index contributed by atoms with van der Waals surface area (Å²) in [5.41, 5.74) is 1.82. The highest BCUT2D eigenvalue weighted by atomic mass is 32.2. The molecule has 1 atom stereocenters. The Balaban J connectivity index is 1.60.